The Morgan fingerprint density at radius 2 is 0.851 bits per heavy atom. The largest absolute Gasteiger partial charge is 0.417 e. The smallest absolute Gasteiger partial charge is 0.309 e. The number of nitriles is 2. The number of aromatic nitrogens is 4. The van der Waals surface area contributed by atoms with E-state index in [9.17, 15) is 23.7 Å². The van der Waals surface area contributed by atoms with Crippen LogP contribution in [0.25, 0.3) is 95.0 Å². The lowest BCUT2D eigenvalue weighted by atomic mass is 9.92. The summed E-state index contributed by atoms with van der Waals surface area (Å²) >= 11 is 0. The van der Waals surface area contributed by atoms with Crippen molar-refractivity contribution >= 4 is 21.8 Å². The second kappa shape index (κ2) is 16.6. The molecule has 0 aliphatic rings. The Labute approximate surface area is 379 Å². The van der Waals surface area contributed by atoms with Crippen LogP contribution in [0.1, 0.15) is 22.3 Å². The van der Waals surface area contributed by atoms with Gasteiger partial charge in [-0.3, -0.25) is 0 Å². The second-order valence-electron chi connectivity index (χ2n) is 15.7. The van der Waals surface area contributed by atoms with Gasteiger partial charge in [0.1, 0.15) is 0 Å². The van der Waals surface area contributed by atoms with Crippen LogP contribution in [-0.4, -0.2) is 19.5 Å². The molecule has 0 saturated carbocycles. The monoisotopic (exact) mass is 888 g/mol. The van der Waals surface area contributed by atoms with Gasteiger partial charge in [0.05, 0.1) is 45.4 Å². The zero-order valence-corrected chi connectivity index (χ0v) is 34.8. The predicted molar refractivity (Wildman–Crippen MR) is 246 cm³/mol. The quantitative estimate of drug-likeness (QED) is 0.149. The van der Waals surface area contributed by atoms with Crippen LogP contribution in [0, 0.1) is 22.7 Å². The van der Waals surface area contributed by atoms with Crippen LogP contribution < -0.4 is 0 Å². The Kier molecular flexibility index (Phi) is 10.4. The number of rotatable bonds is 7. The summed E-state index contributed by atoms with van der Waals surface area (Å²) in [6.45, 7) is 0. The summed E-state index contributed by atoms with van der Waals surface area (Å²) in [6.07, 6.45) is -10.3. The van der Waals surface area contributed by atoms with Gasteiger partial charge < -0.3 is 4.57 Å². The molecule has 2 heterocycles. The van der Waals surface area contributed by atoms with E-state index in [-0.39, 0.29) is 34.7 Å². The zero-order chi connectivity index (χ0) is 46.5. The highest BCUT2D eigenvalue weighted by atomic mass is 19.4. The van der Waals surface area contributed by atoms with Gasteiger partial charge in [-0.05, 0) is 112 Å². The highest BCUT2D eigenvalue weighted by Gasteiger charge is 2.39. The van der Waals surface area contributed by atoms with E-state index in [2.05, 4.69) is 12.1 Å². The number of benzene rings is 8. The van der Waals surface area contributed by atoms with Crippen LogP contribution in [0.5, 0.6) is 0 Å². The molecule has 0 aliphatic carbocycles. The minimum Gasteiger partial charge on any atom is -0.309 e. The van der Waals surface area contributed by atoms with Crippen molar-refractivity contribution < 1.29 is 26.3 Å². The van der Waals surface area contributed by atoms with E-state index in [1.165, 1.54) is 6.07 Å². The van der Waals surface area contributed by atoms with Crippen molar-refractivity contribution in [3.8, 4) is 85.4 Å². The minimum atomic E-state index is -5.20. The van der Waals surface area contributed by atoms with Crippen LogP contribution in [0.4, 0.5) is 26.3 Å². The van der Waals surface area contributed by atoms with E-state index in [0.29, 0.717) is 45.0 Å². The van der Waals surface area contributed by atoms with Gasteiger partial charge >= 0.3 is 12.4 Å². The minimum absolute atomic E-state index is 0.00335. The molecule has 0 spiro atoms. The van der Waals surface area contributed by atoms with Crippen molar-refractivity contribution in [2.75, 3.05) is 0 Å². The molecule has 0 saturated heterocycles. The first-order chi connectivity index (χ1) is 32.4. The van der Waals surface area contributed by atoms with Crippen molar-refractivity contribution in [3.63, 3.8) is 0 Å². The van der Waals surface area contributed by atoms with Gasteiger partial charge in [0.15, 0.2) is 17.5 Å². The maximum atomic E-state index is 15.2. The molecule has 0 atom stereocenters. The molecule has 0 unspecified atom stereocenters. The van der Waals surface area contributed by atoms with Gasteiger partial charge in [-0.1, -0.05) is 103 Å². The van der Waals surface area contributed by atoms with E-state index in [1.807, 2.05) is 77.4 Å². The van der Waals surface area contributed by atoms with E-state index >= 15 is 13.2 Å². The van der Waals surface area contributed by atoms with Crippen LogP contribution in [0.2, 0.25) is 0 Å². The molecule has 2 aromatic heterocycles. The fourth-order valence-electron chi connectivity index (χ4n) is 8.34. The fourth-order valence-corrected chi connectivity index (χ4v) is 8.34. The molecule has 0 bridgehead atoms. The van der Waals surface area contributed by atoms with Gasteiger partial charge in [-0.15, -0.1) is 0 Å². The number of alkyl halides is 6. The lowest BCUT2D eigenvalue weighted by Gasteiger charge is -2.20. The average molecular weight is 889 g/mol. The molecular formula is C55H30F6N6. The summed E-state index contributed by atoms with van der Waals surface area (Å²) in [4.78, 5) is 14.3. The zero-order valence-electron chi connectivity index (χ0n) is 34.8. The van der Waals surface area contributed by atoms with Crippen LogP contribution in [0.3, 0.4) is 0 Å². The van der Waals surface area contributed by atoms with Gasteiger partial charge in [-0.25, -0.2) is 15.0 Å². The summed E-state index contributed by atoms with van der Waals surface area (Å²) in [5.74, 6) is 0.478. The van der Waals surface area contributed by atoms with E-state index in [4.69, 9.17) is 15.0 Å². The number of fused-ring (bicyclic) bond motifs is 3. The summed E-state index contributed by atoms with van der Waals surface area (Å²) < 4.78 is 89.8. The Morgan fingerprint density at radius 3 is 1.31 bits per heavy atom. The molecule has 10 aromatic rings. The Balaban J connectivity index is 1.26. The molecule has 8 aromatic carbocycles. The summed E-state index contributed by atoms with van der Waals surface area (Å²) in [5.41, 5.74) is 3.99. The SMILES string of the molecule is N#Cc1ccc(-c2ccc3c(c2)c2cc(-c4ccc(C#N)cc4)ccc2n3-c2ccc(-c3nc(-c4ccccc4)nc(-c4ccccc4)n3)c(-c3ccc(C(F)(F)F)cc3C(F)(F)F)c2)cc1. The molecule has 6 nitrogen and oxygen atoms in total. The maximum absolute atomic E-state index is 15.2. The molecule has 322 valence electrons. The van der Waals surface area contributed by atoms with E-state index in [0.717, 1.165) is 39.1 Å². The van der Waals surface area contributed by atoms with Crippen LogP contribution in [-0.2, 0) is 12.4 Å². The standard InChI is InChI=1S/C55H30F6N6/c56-54(57,58)41-21-23-43(48(29-41)55(59,60)61)45-30-42(22-24-44(45)53-65-51(37-7-3-1-4-8-37)64-52(66-53)38-9-5-2-6-10-38)67-49-25-19-39(35-15-11-33(31-62)12-16-35)27-46(49)47-28-40(20-26-50(47)67)36-17-13-34(32-63)14-18-36/h1-30H. The molecule has 0 radical (unpaired) electrons. The van der Waals surface area contributed by atoms with Gasteiger partial charge in [0.2, 0.25) is 0 Å². The first-order valence-electron chi connectivity index (χ1n) is 20.8. The Bertz CT molecular complexity index is 3430. The first kappa shape index (κ1) is 42.1. The normalized spacial score (nSPS) is 11.7. The number of hydrogen-bond acceptors (Lipinski definition) is 5. The van der Waals surface area contributed by atoms with E-state index < -0.39 is 29.0 Å². The highest BCUT2D eigenvalue weighted by Crippen LogP contribution is 2.45. The third-order valence-corrected chi connectivity index (χ3v) is 11.6. The van der Waals surface area contributed by atoms with Crippen molar-refractivity contribution in [3.05, 3.63) is 204 Å². The maximum Gasteiger partial charge on any atom is 0.417 e. The van der Waals surface area contributed by atoms with Crippen LogP contribution in [0.15, 0.2) is 182 Å². The van der Waals surface area contributed by atoms with Gasteiger partial charge in [0, 0.05) is 33.2 Å². The van der Waals surface area contributed by atoms with Crippen molar-refractivity contribution in [2.24, 2.45) is 0 Å². The number of nitrogens with zero attached hydrogens (tertiary/aromatic N) is 6. The van der Waals surface area contributed by atoms with Crippen molar-refractivity contribution in [1.82, 2.24) is 19.5 Å². The highest BCUT2D eigenvalue weighted by molar-refractivity contribution is 6.12. The third kappa shape index (κ3) is 8.02. The lowest BCUT2D eigenvalue weighted by Crippen LogP contribution is -2.12. The Hall–Kier alpha value is -8.87. The van der Waals surface area contributed by atoms with Gasteiger partial charge in [-0.2, -0.15) is 36.9 Å². The molecule has 67 heavy (non-hydrogen) atoms. The molecule has 0 aliphatic heterocycles. The topological polar surface area (TPSA) is 91.2 Å². The summed E-state index contributed by atoms with van der Waals surface area (Å²) in [7, 11) is 0. The molecule has 12 heteroatoms. The Morgan fingerprint density at radius 1 is 0.388 bits per heavy atom. The molecule has 10 rings (SSSR count). The fraction of sp³-hybridized carbons (Fsp3) is 0.0364. The van der Waals surface area contributed by atoms with Crippen LogP contribution >= 0.6 is 0 Å². The van der Waals surface area contributed by atoms with Crippen molar-refractivity contribution in [2.45, 2.75) is 12.4 Å². The lowest BCUT2D eigenvalue weighted by molar-refractivity contribution is -0.142. The number of halogens is 6. The average Bonchev–Trinajstić information content (AvgIpc) is 3.69. The van der Waals surface area contributed by atoms with Gasteiger partial charge in [0.25, 0.3) is 0 Å². The molecule has 0 fully saturated rings. The second-order valence-corrected chi connectivity index (χ2v) is 15.7. The third-order valence-electron chi connectivity index (χ3n) is 11.6. The predicted octanol–water partition coefficient (Wildman–Crippen LogP) is 14.8. The molecule has 0 amide bonds. The van der Waals surface area contributed by atoms with Crippen molar-refractivity contribution in [1.29, 1.82) is 10.5 Å². The summed E-state index contributed by atoms with van der Waals surface area (Å²) in [5, 5.41) is 20.4. The number of hydrogen-bond donors (Lipinski definition) is 0. The van der Waals surface area contributed by atoms with E-state index in [1.54, 1.807) is 84.9 Å². The molecular weight excluding hydrogens is 859 g/mol. The summed E-state index contributed by atoms with van der Waals surface area (Å²) in [6, 6.07) is 54.7. The first-order valence-corrected chi connectivity index (χ1v) is 20.8. The molecule has 0 N–H and O–H groups in total.